The molecule has 14 nitrogen and oxygen atoms in total. The first kappa shape index (κ1) is 30.6. The predicted octanol–water partition coefficient (Wildman–Crippen LogP) is 3.53. The van der Waals surface area contributed by atoms with E-state index in [2.05, 4.69) is 25.5 Å². The number of rotatable bonds is 8. The molecule has 43 heavy (non-hydrogen) atoms. The van der Waals surface area contributed by atoms with Gasteiger partial charge >= 0.3 is 11.9 Å². The molecule has 0 radical (unpaired) electrons. The average Bonchev–Trinajstić information content (AvgIpc) is 3.70. The standard InChI is InChI=1S/C20H18N6O3.C8H9ClN2O3/c1-3-29-19(28)14-11-21-25(2)17(14)18(27)23-16-9-10-26-12-15(22-20(26)24-16)13-7-5-4-6-8-13;1-3-14-8(13)5-4-10-11(2)6(5)7(9)12/h4-12H,3H2,1-2H3,(H,22,23,24,27);4H,3H2,1-2H3. The molecule has 15 heteroatoms. The molecule has 0 aliphatic heterocycles. The van der Waals surface area contributed by atoms with Crippen molar-refractivity contribution in [3.8, 4) is 11.3 Å². The van der Waals surface area contributed by atoms with Gasteiger partial charge in [0.1, 0.15) is 28.3 Å². The van der Waals surface area contributed by atoms with Crippen LogP contribution in [0.15, 0.2) is 61.2 Å². The number of carbonyl (C=O) groups excluding carboxylic acids is 4. The minimum Gasteiger partial charge on any atom is -0.462 e. The summed E-state index contributed by atoms with van der Waals surface area (Å²) in [6.07, 6.45) is 6.19. The number of nitrogens with one attached hydrogen (secondary N) is 1. The zero-order chi connectivity index (χ0) is 31.1. The van der Waals surface area contributed by atoms with E-state index in [1.54, 1.807) is 37.6 Å². The van der Waals surface area contributed by atoms with E-state index in [1.165, 1.54) is 28.8 Å². The van der Waals surface area contributed by atoms with Crippen LogP contribution < -0.4 is 5.32 Å². The number of amides is 1. The van der Waals surface area contributed by atoms with Crippen LogP contribution in [0.3, 0.4) is 0 Å². The van der Waals surface area contributed by atoms with Crippen LogP contribution >= 0.6 is 11.6 Å². The lowest BCUT2D eigenvalue weighted by molar-refractivity contribution is 0.0515. The second-order valence-corrected chi connectivity index (χ2v) is 9.09. The van der Waals surface area contributed by atoms with Gasteiger partial charge in [0.25, 0.3) is 11.1 Å². The van der Waals surface area contributed by atoms with Gasteiger partial charge in [-0.2, -0.15) is 15.2 Å². The molecule has 0 saturated carbocycles. The number of carbonyl (C=O) groups is 4. The minimum atomic E-state index is -0.729. The molecule has 0 aliphatic rings. The van der Waals surface area contributed by atoms with Crippen molar-refractivity contribution in [2.24, 2.45) is 14.1 Å². The Kier molecular flexibility index (Phi) is 9.62. The van der Waals surface area contributed by atoms with Crippen molar-refractivity contribution in [3.63, 3.8) is 0 Å². The van der Waals surface area contributed by atoms with E-state index in [-0.39, 0.29) is 35.7 Å². The molecule has 0 spiro atoms. The molecule has 0 atom stereocenters. The van der Waals surface area contributed by atoms with Gasteiger partial charge < -0.3 is 14.8 Å². The molecule has 4 heterocycles. The van der Waals surface area contributed by atoms with E-state index in [0.717, 1.165) is 11.3 Å². The number of nitrogens with zero attached hydrogens (tertiary/aromatic N) is 7. The number of esters is 2. The van der Waals surface area contributed by atoms with Crippen LogP contribution in [0.5, 0.6) is 0 Å². The van der Waals surface area contributed by atoms with Gasteiger partial charge in [-0.1, -0.05) is 30.3 Å². The summed E-state index contributed by atoms with van der Waals surface area (Å²) in [5, 5.41) is 9.70. The van der Waals surface area contributed by atoms with E-state index in [9.17, 15) is 19.2 Å². The maximum absolute atomic E-state index is 12.7. The highest BCUT2D eigenvalue weighted by Gasteiger charge is 2.24. The van der Waals surface area contributed by atoms with Crippen molar-refractivity contribution in [3.05, 3.63) is 83.7 Å². The molecule has 1 N–H and O–H groups in total. The Morgan fingerprint density at radius 2 is 1.42 bits per heavy atom. The van der Waals surface area contributed by atoms with Crippen LogP contribution in [0.2, 0.25) is 0 Å². The Labute approximate surface area is 250 Å². The van der Waals surface area contributed by atoms with Crippen molar-refractivity contribution in [2.45, 2.75) is 13.8 Å². The number of benzene rings is 1. The fourth-order valence-electron chi connectivity index (χ4n) is 3.96. The Hall–Kier alpha value is -5.37. The number of hydrogen-bond acceptors (Lipinski definition) is 10. The number of fused-ring (bicyclic) bond motifs is 1. The number of aryl methyl sites for hydroxylation is 2. The minimum absolute atomic E-state index is 0.0464. The zero-order valence-electron chi connectivity index (χ0n) is 23.6. The van der Waals surface area contributed by atoms with Crippen LogP contribution in [0.4, 0.5) is 5.82 Å². The molecular formula is C28H27ClN8O6. The van der Waals surface area contributed by atoms with Gasteiger partial charge in [0, 0.05) is 32.1 Å². The van der Waals surface area contributed by atoms with Crippen LogP contribution in [-0.4, -0.2) is 70.2 Å². The molecule has 0 aliphatic carbocycles. The average molecular weight is 607 g/mol. The summed E-state index contributed by atoms with van der Waals surface area (Å²) in [5.41, 5.74) is 2.08. The van der Waals surface area contributed by atoms with E-state index in [4.69, 9.17) is 21.1 Å². The summed E-state index contributed by atoms with van der Waals surface area (Å²) in [4.78, 5) is 56.0. The third-order valence-electron chi connectivity index (χ3n) is 5.91. The molecule has 5 rings (SSSR count). The second-order valence-electron chi connectivity index (χ2n) is 8.74. The fourth-order valence-corrected chi connectivity index (χ4v) is 4.18. The van der Waals surface area contributed by atoms with Gasteiger partial charge in [0.15, 0.2) is 0 Å². The zero-order valence-corrected chi connectivity index (χ0v) is 24.4. The van der Waals surface area contributed by atoms with Crippen LogP contribution in [0, 0.1) is 0 Å². The van der Waals surface area contributed by atoms with Crippen LogP contribution in [0.1, 0.15) is 55.5 Å². The monoisotopic (exact) mass is 606 g/mol. The number of anilines is 1. The summed E-state index contributed by atoms with van der Waals surface area (Å²) in [6, 6.07) is 11.4. The third kappa shape index (κ3) is 6.93. The number of hydrogen-bond donors (Lipinski definition) is 1. The van der Waals surface area contributed by atoms with Gasteiger partial charge in [-0.25, -0.2) is 14.6 Å². The number of halogens is 1. The first-order chi connectivity index (χ1) is 20.6. The number of imidazole rings is 1. The Morgan fingerprint density at radius 1 is 0.837 bits per heavy atom. The molecular weight excluding hydrogens is 580 g/mol. The normalized spacial score (nSPS) is 10.5. The van der Waals surface area contributed by atoms with Gasteiger partial charge in [0.2, 0.25) is 5.78 Å². The summed E-state index contributed by atoms with van der Waals surface area (Å²) < 4.78 is 14.0. The van der Waals surface area contributed by atoms with Crippen molar-refractivity contribution in [1.82, 2.24) is 33.9 Å². The first-order valence-electron chi connectivity index (χ1n) is 12.9. The van der Waals surface area contributed by atoms with Crippen molar-refractivity contribution in [2.75, 3.05) is 18.5 Å². The summed E-state index contributed by atoms with van der Waals surface area (Å²) in [5.74, 6) is -0.958. The molecule has 1 aromatic carbocycles. The molecule has 0 fully saturated rings. The third-order valence-corrected chi connectivity index (χ3v) is 6.09. The Bertz CT molecular complexity index is 1790. The summed E-state index contributed by atoms with van der Waals surface area (Å²) in [6.45, 7) is 3.82. The highest BCUT2D eigenvalue weighted by molar-refractivity contribution is 6.68. The van der Waals surface area contributed by atoms with E-state index in [1.807, 2.05) is 36.5 Å². The topological polar surface area (TPSA) is 165 Å². The SMILES string of the molecule is CCOC(=O)c1cnn(C)c1C(=O)Cl.CCOC(=O)c1cnn(C)c1C(=O)Nc1ccn2cc(-c3ccccc3)nc2n1. The second kappa shape index (κ2) is 13.5. The van der Waals surface area contributed by atoms with Crippen molar-refractivity contribution < 1.29 is 28.7 Å². The van der Waals surface area contributed by atoms with Gasteiger partial charge in [-0.3, -0.25) is 23.4 Å². The van der Waals surface area contributed by atoms with Crippen LogP contribution in [0.25, 0.3) is 17.0 Å². The highest BCUT2D eigenvalue weighted by Crippen LogP contribution is 2.19. The maximum atomic E-state index is 12.7. The molecule has 0 bridgehead atoms. The number of aromatic nitrogens is 7. The van der Waals surface area contributed by atoms with Gasteiger partial charge in [-0.05, 0) is 31.5 Å². The quantitative estimate of drug-likeness (QED) is 0.204. The molecule has 222 valence electrons. The van der Waals surface area contributed by atoms with Crippen LogP contribution in [-0.2, 0) is 23.6 Å². The number of ether oxygens (including phenoxy) is 2. The summed E-state index contributed by atoms with van der Waals surface area (Å²) in [7, 11) is 3.10. The predicted molar refractivity (Wildman–Crippen MR) is 155 cm³/mol. The molecule has 5 aromatic rings. The lowest BCUT2D eigenvalue weighted by Crippen LogP contribution is -2.20. The Balaban J connectivity index is 0.000000255. The van der Waals surface area contributed by atoms with Crippen molar-refractivity contribution in [1.29, 1.82) is 0 Å². The van der Waals surface area contributed by atoms with Gasteiger partial charge in [-0.15, -0.1) is 0 Å². The lowest BCUT2D eigenvalue weighted by atomic mass is 10.2. The largest absolute Gasteiger partial charge is 0.462 e. The molecule has 4 aromatic heterocycles. The van der Waals surface area contributed by atoms with Gasteiger partial charge in [0.05, 0.1) is 31.3 Å². The summed E-state index contributed by atoms with van der Waals surface area (Å²) >= 11 is 5.29. The smallest absolute Gasteiger partial charge is 0.342 e. The van der Waals surface area contributed by atoms with Crippen molar-refractivity contribution >= 4 is 46.3 Å². The van der Waals surface area contributed by atoms with E-state index >= 15 is 0 Å². The first-order valence-corrected chi connectivity index (χ1v) is 13.3. The lowest BCUT2D eigenvalue weighted by Gasteiger charge is -2.07. The fraction of sp³-hybridized carbons (Fsp3) is 0.214. The molecule has 0 unspecified atom stereocenters. The maximum Gasteiger partial charge on any atom is 0.342 e. The van der Waals surface area contributed by atoms with E-state index < -0.39 is 23.1 Å². The molecule has 0 saturated heterocycles. The van der Waals surface area contributed by atoms with E-state index in [0.29, 0.717) is 11.6 Å². The highest BCUT2D eigenvalue weighted by atomic mass is 35.5. The Morgan fingerprint density at radius 3 is 2.00 bits per heavy atom. The molecule has 1 amide bonds.